The number of aromatic hydroxyl groups is 1. The third-order valence-corrected chi connectivity index (χ3v) is 1.86. The molecule has 4 nitrogen and oxygen atoms in total. The summed E-state index contributed by atoms with van der Waals surface area (Å²) in [5.74, 6) is -3.28. The molecule has 1 aromatic heterocycles. The predicted octanol–water partition coefficient (Wildman–Crippen LogP) is 1.58. The van der Waals surface area contributed by atoms with E-state index in [1.54, 1.807) is 0 Å². The molecular formula is C9H8F3NO3. The molecule has 0 spiro atoms. The van der Waals surface area contributed by atoms with Crippen molar-refractivity contribution >= 4 is 5.97 Å². The first-order valence-corrected chi connectivity index (χ1v) is 4.18. The summed E-state index contributed by atoms with van der Waals surface area (Å²) in [6.07, 6.45) is -2.79. The van der Waals surface area contributed by atoms with E-state index in [1.807, 2.05) is 0 Å². The molecule has 0 saturated carbocycles. The van der Waals surface area contributed by atoms with Crippen LogP contribution in [0.4, 0.5) is 13.2 Å². The Balaban J connectivity index is 3.07. The van der Waals surface area contributed by atoms with Crippen molar-refractivity contribution in [3.05, 3.63) is 23.3 Å². The fraction of sp³-hybridized carbons (Fsp3) is 0.333. The average Bonchev–Trinajstić information content (AvgIpc) is 2.24. The topological polar surface area (TPSA) is 59.4 Å². The van der Waals surface area contributed by atoms with Crippen LogP contribution in [0.25, 0.3) is 0 Å². The van der Waals surface area contributed by atoms with Gasteiger partial charge in [-0.05, 0) is 0 Å². The Morgan fingerprint density at radius 1 is 1.62 bits per heavy atom. The molecule has 0 unspecified atom stereocenters. The summed E-state index contributed by atoms with van der Waals surface area (Å²) >= 11 is 0. The van der Waals surface area contributed by atoms with E-state index in [4.69, 9.17) is 5.11 Å². The van der Waals surface area contributed by atoms with Crippen LogP contribution >= 0.6 is 0 Å². The molecule has 1 aromatic rings. The molecule has 0 saturated heterocycles. The standard InChI is InChI=1S/C9H8F3NO3/c1-16-5(14)2-4-3-13-7(9(11)12)8(15)6(4)10/h3,9,15H,2H2,1H3. The van der Waals surface area contributed by atoms with Gasteiger partial charge in [0.1, 0.15) is 0 Å². The molecule has 0 aliphatic carbocycles. The fourth-order valence-corrected chi connectivity index (χ4v) is 1.04. The van der Waals surface area contributed by atoms with Crippen molar-refractivity contribution in [2.75, 3.05) is 7.11 Å². The Hall–Kier alpha value is -1.79. The molecule has 88 valence electrons. The van der Waals surface area contributed by atoms with Crippen LogP contribution < -0.4 is 0 Å². The van der Waals surface area contributed by atoms with E-state index in [0.717, 1.165) is 13.3 Å². The summed E-state index contributed by atoms with van der Waals surface area (Å²) in [5, 5.41) is 9.06. The number of hydrogen-bond donors (Lipinski definition) is 1. The van der Waals surface area contributed by atoms with Gasteiger partial charge in [0.05, 0.1) is 13.5 Å². The third kappa shape index (κ3) is 2.41. The molecule has 0 atom stereocenters. The van der Waals surface area contributed by atoms with Gasteiger partial charge >= 0.3 is 5.97 Å². The number of halogens is 3. The quantitative estimate of drug-likeness (QED) is 0.808. The minimum Gasteiger partial charge on any atom is -0.503 e. The Labute approximate surface area is 88.7 Å². The number of rotatable bonds is 3. The Bertz CT molecular complexity index is 409. The van der Waals surface area contributed by atoms with Crippen LogP contribution in [0.15, 0.2) is 6.20 Å². The second kappa shape index (κ2) is 4.82. The number of methoxy groups -OCH3 is 1. The lowest BCUT2D eigenvalue weighted by atomic mass is 10.1. The molecule has 0 aromatic carbocycles. The molecule has 16 heavy (non-hydrogen) atoms. The number of pyridine rings is 1. The molecule has 1 rings (SSSR count). The molecule has 1 N–H and O–H groups in total. The van der Waals surface area contributed by atoms with Crippen LogP contribution in [0.2, 0.25) is 0 Å². The first-order valence-electron chi connectivity index (χ1n) is 4.18. The second-order valence-corrected chi connectivity index (χ2v) is 2.88. The van der Waals surface area contributed by atoms with E-state index < -0.39 is 36.1 Å². The van der Waals surface area contributed by atoms with Crippen LogP contribution in [0, 0.1) is 5.82 Å². The predicted molar refractivity (Wildman–Crippen MR) is 46.5 cm³/mol. The van der Waals surface area contributed by atoms with E-state index in [-0.39, 0.29) is 5.56 Å². The van der Waals surface area contributed by atoms with Gasteiger partial charge in [-0.15, -0.1) is 0 Å². The highest BCUT2D eigenvalue weighted by atomic mass is 19.3. The Morgan fingerprint density at radius 3 is 2.75 bits per heavy atom. The first kappa shape index (κ1) is 12.3. The van der Waals surface area contributed by atoms with Gasteiger partial charge in [0.2, 0.25) is 0 Å². The van der Waals surface area contributed by atoms with Crippen LogP contribution in [0.1, 0.15) is 17.7 Å². The number of alkyl halides is 2. The monoisotopic (exact) mass is 235 g/mol. The maximum Gasteiger partial charge on any atom is 0.310 e. The molecule has 0 aliphatic rings. The van der Waals surface area contributed by atoms with E-state index in [1.165, 1.54) is 0 Å². The molecule has 0 aliphatic heterocycles. The van der Waals surface area contributed by atoms with Gasteiger partial charge in [-0.25, -0.2) is 13.2 Å². The fourth-order valence-electron chi connectivity index (χ4n) is 1.04. The van der Waals surface area contributed by atoms with Crippen molar-refractivity contribution < 1.29 is 27.8 Å². The molecule has 0 bridgehead atoms. The highest BCUT2D eigenvalue weighted by molar-refractivity contribution is 5.72. The number of nitrogens with zero attached hydrogens (tertiary/aromatic N) is 1. The van der Waals surface area contributed by atoms with Crippen molar-refractivity contribution in [1.29, 1.82) is 0 Å². The largest absolute Gasteiger partial charge is 0.503 e. The van der Waals surface area contributed by atoms with Crippen molar-refractivity contribution in [3.63, 3.8) is 0 Å². The zero-order valence-electron chi connectivity index (χ0n) is 8.21. The number of esters is 1. The van der Waals surface area contributed by atoms with E-state index in [2.05, 4.69) is 9.72 Å². The normalized spacial score (nSPS) is 10.6. The molecule has 0 radical (unpaired) electrons. The lowest BCUT2D eigenvalue weighted by molar-refractivity contribution is -0.139. The van der Waals surface area contributed by atoms with Gasteiger partial charge < -0.3 is 9.84 Å². The number of hydrogen-bond acceptors (Lipinski definition) is 4. The third-order valence-electron chi connectivity index (χ3n) is 1.86. The number of carbonyl (C=O) groups is 1. The lowest BCUT2D eigenvalue weighted by Crippen LogP contribution is -2.08. The summed E-state index contributed by atoms with van der Waals surface area (Å²) in [6, 6.07) is 0. The van der Waals surface area contributed by atoms with Crippen LogP contribution in [0.3, 0.4) is 0 Å². The van der Waals surface area contributed by atoms with Gasteiger partial charge in [-0.3, -0.25) is 9.78 Å². The average molecular weight is 235 g/mol. The van der Waals surface area contributed by atoms with Crippen molar-refractivity contribution in [2.45, 2.75) is 12.8 Å². The molecule has 7 heteroatoms. The van der Waals surface area contributed by atoms with E-state index in [0.29, 0.717) is 0 Å². The number of ether oxygens (including phenoxy) is 1. The Morgan fingerprint density at radius 2 is 2.25 bits per heavy atom. The molecule has 0 fully saturated rings. The van der Waals surface area contributed by atoms with E-state index >= 15 is 0 Å². The summed E-state index contributed by atoms with van der Waals surface area (Å²) < 4.78 is 41.9. The van der Waals surface area contributed by atoms with Crippen molar-refractivity contribution in [3.8, 4) is 5.75 Å². The lowest BCUT2D eigenvalue weighted by Gasteiger charge is -2.07. The van der Waals surface area contributed by atoms with Gasteiger partial charge in [0, 0.05) is 11.8 Å². The summed E-state index contributed by atoms with van der Waals surface area (Å²) in [4.78, 5) is 14.0. The molecular weight excluding hydrogens is 227 g/mol. The summed E-state index contributed by atoms with van der Waals surface area (Å²) in [6.45, 7) is 0. The highest BCUT2D eigenvalue weighted by Gasteiger charge is 2.21. The van der Waals surface area contributed by atoms with Gasteiger partial charge in [-0.2, -0.15) is 0 Å². The molecule has 0 amide bonds. The van der Waals surface area contributed by atoms with Crippen molar-refractivity contribution in [2.24, 2.45) is 0 Å². The SMILES string of the molecule is COC(=O)Cc1cnc(C(F)F)c(O)c1F. The molecule has 1 heterocycles. The smallest absolute Gasteiger partial charge is 0.310 e. The maximum atomic E-state index is 13.3. The van der Waals surface area contributed by atoms with Gasteiger partial charge in [-0.1, -0.05) is 0 Å². The number of carbonyl (C=O) groups excluding carboxylic acids is 1. The van der Waals surface area contributed by atoms with Crippen LogP contribution in [0.5, 0.6) is 5.75 Å². The van der Waals surface area contributed by atoms with Gasteiger partial charge in [0.25, 0.3) is 6.43 Å². The summed E-state index contributed by atoms with van der Waals surface area (Å²) in [7, 11) is 1.10. The zero-order valence-corrected chi connectivity index (χ0v) is 8.21. The first-order chi connectivity index (χ1) is 7.47. The highest BCUT2D eigenvalue weighted by Crippen LogP contribution is 2.29. The Kier molecular flexibility index (Phi) is 3.70. The van der Waals surface area contributed by atoms with E-state index in [9.17, 15) is 18.0 Å². The second-order valence-electron chi connectivity index (χ2n) is 2.88. The summed E-state index contributed by atoms with van der Waals surface area (Å²) in [5.41, 5.74) is -1.35. The minimum absolute atomic E-state index is 0.297. The zero-order chi connectivity index (χ0) is 12.3. The maximum absolute atomic E-state index is 13.3. The van der Waals surface area contributed by atoms with Crippen LogP contribution in [-0.4, -0.2) is 23.2 Å². The minimum atomic E-state index is -3.08. The number of aromatic nitrogens is 1. The van der Waals surface area contributed by atoms with Crippen molar-refractivity contribution in [1.82, 2.24) is 4.98 Å². The van der Waals surface area contributed by atoms with Gasteiger partial charge in [0.15, 0.2) is 17.3 Å². The van der Waals surface area contributed by atoms with Crippen LogP contribution in [-0.2, 0) is 16.0 Å².